The molecule has 4 rings (SSSR count). The summed E-state index contributed by atoms with van der Waals surface area (Å²) in [5.41, 5.74) is 2.86. The number of hydrogen-bond donors (Lipinski definition) is 2. The summed E-state index contributed by atoms with van der Waals surface area (Å²) in [5, 5.41) is 4.20. The number of anilines is 3. The van der Waals surface area contributed by atoms with Gasteiger partial charge >= 0.3 is 0 Å². The van der Waals surface area contributed by atoms with Gasteiger partial charge in [-0.05, 0) is 60.7 Å². The molecule has 1 amide bonds. The van der Waals surface area contributed by atoms with Gasteiger partial charge in [0.1, 0.15) is 6.54 Å². The first-order valence-corrected chi connectivity index (χ1v) is 14.7. The van der Waals surface area contributed by atoms with Gasteiger partial charge in [0, 0.05) is 11.1 Å². The van der Waals surface area contributed by atoms with Gasteiger partial charge in [0.05, 0.1) is 22.5 Å². The summed E-state index contributed by atoms with van der Waals surface area (Å²) < 4.78 is 54.6. The first-order chi connectivity index (χ1) is 17.5. The van der Waals surface area contributed by atoms with Gasteiger partial charge in [-0.25, -0.2) is 16.8 Å². The standard InChI is InChI=1S/C27H27N3O5S2/c1-19-8-6-9-20(2)27(19)29-37(34,35)23-16-14-22(15-17-23)28-26(31)18-30(36(3,32)33)25-13-7-11-21-10-4-5-12-24(21)25/h4-17,29H,18H2,1-3H3,(H,28,31). The second-order valence-corrected chi connectivity index (χ2v) is 12.3. The van der Waals surface area contributed by atoms with E-state index < -0.39 is 32.5 Å². The van der Waals surface area contributed by atoms with Crippen LogP contribution in [0.15, 0.2) is 89.8 Å². The maximum Gasteiger partial charge on any atom is 0.261 e. The number of amides is 1. The van der Waals surface area contributed by atoms with Crippen molar-refractivity contribution in [2.45, 2.75) is 18.7 Å². The van der Waals surface area contributed by atoms with Crippen molar-refractivity contribution < 1.29 is 21.6 Å². The molecule has 0 fully saturated rings. The van der Waals surface area contributed by atoms with E-state index in [9.17, 15) is 21.6 Å². The summed E-state index contributed by atoms with van der Waals surface area (Å²) in [4.78, 5) is 12.9. The molecule has 10 heteroatoms. The third kappa shape index (κ3) is 5.92. The van der Waals surface area contributed by atoms with Crippen molar-refractivity contribution in [1.29, 1.82) is 0 Å². The van der Waals surface area contributed by atoms with Gasteiger partial charge in [0.2, 0.25) is 15.9 Å². The highest BCUT2D eigenvalue weighted by Crippen LogP contribution is 2.28. The van der Waals surface area contributed by atoms with E-state index in [1.165, 1.54) is 24.3 Å². The monoisotopic (exact) mass is 537 g/mol. The van der Waals surface area contributed by atoms with Crippen LogP contribution in [0.25, 0.3) is 10.8 Å². The molecule has 0 radical (unpaired) electrons. The molecule has 0 aliphatic heterocycles. The fraction of sp³-hybridized carbons (Fsp3) is 0.148. The number of sulfonamides is 2. The number of nitrogens with one attached hydrogen (secondary N) is 2. The molecular formula is C27H27N3O5S2. The lowest BCUT2D eigenvalue weighted by atomic mass is 10.1. The summed E-state index contributed by atoms with van der Waals surface area (Å²) in [6.07, 6.45) is 1.05. The van der Waals surface area contributed by atoms with Crippen molar-refractivity contribution in [3.8, 4) is 0 Å². The van der Waals surface area contributed by atoms with E-state index in [1.807, 2.05) is 50.2 Å². The molecular weight excluding hydrogens is 510 g/mol. The second kappa shape index (κ2) is 10.2. The van der Waals surface area contributed by atoms with Crippen molar-refractivity contribution in [1.82, 2.24) is 0 Å². The summed E-state index contributed by atoms with van der Waals surface area (Å²) >= 11 is 0. The highest BCUT2D eigenvalue weighted by molar-refractivity contribution is 7.92. The molecule has 0 heterocycles. The number of benzene rings is 4. The van der Waals surface area contributed by atoms with Crippen LogP contribution < -0.4 is 14.3 Å². The minimum Gasteiger partial charge on any atom is -0.325 e. The van der Waals surface area contributed by atoms with Gasteiger partial charge in [0.25, 0.3) is 10.0 Å². The summed E-state index contributed by atoms with van der Waals surface area (Å²) in [6, 6.07) is 23.7. The molecule has 2 N–H and O–H groups in total. The molecule has 0 aliphatic rings. The zero-order valence-electron chi connectivity index (χ0n) is 20.6. The Morgan fingerprint density at radius 1 is 0.784 bits per heavy atom. The maximum atomic E-state index is 12.9. The van der Waals surface area contributed by atoms with Gasteiger partial charge in [0.15, 0.2) is 0 Å². The van der Waals surface area contributed by atoms with E-state index in [2.05, 4.69) is 10.0 Å². The predicted octanol–water partition coefficient (Wildman–Crippen LogP) is 4.66. The fourth-order valence-corrected chi connectivity index (χ4v) is 6.10. The molecule has 8 nitrogen and oxygen atoms in total. The van der Waals surface area contributed by atoms with E-state index in [0.29, 0.717) is 22.4 Å². The minimum absolute atomic E-state index is 0.0293. The molecule has 37 heavy (non-hydrogen) atoms. The molecule has 0 atom stereocenters. The van der Waals surface area contributed by atoms with Crippen LogP contribution >= 0.6 is 0 Å². The Morgan fingerprint density at radius 3 is 2.03 bits per heavy atom. The zero-order chi connectivity index (χ0) is 26.8. The molecule has 0 saturated carbocycles. The Morgan fingerprint density at radius 2 is 1.38 bits per heavy atom. The lowest BCUT2D eigenvalue weighted by Gasteiger charge is -2.23. The predicted molar refractivity (Wildman–Crippen MR) is 148 cm³/mol. The van der Waals surface area contributed by atoms with Crippen LogP contribution in [0.5, 0.6) is 0 Å². The van der Waals surface area contributed by atoms with Gasteiger partial charge in [-0.3, -0.25) is 13.8 Å². The number of carbonyl (C=O) groups is 1. The Balaban J connectivity index is 1.52. The Kier molecular flexibility index (Phi) is 7.24. The van der Waals surface area contributed by atoms with Gasteiger partial charge in [-0.15, -0.1) is 0 Å². The average molecular weight is 538 g/mol. The molecule has 0 unspecified atom stereocenters. The number of fused-ring (bicyclic) bond motifs is 1. The summed E-state index contributed by atoms with van der Waals surface area (Å²) in [6.45, 7) is 3.20. The zero-order valence-corrected chi connectivity index (χ0v) is 22.2. The fourth-order valence-electron chi connectivity index (χ4n) is 4.02. The van der Waals surface area contributed by atoms with Gasteiger partial charge in [-0.1, -0.05) is 54.6 Å². The summed E-state index contributed by atoms with van der Waals surface area (Å²) in [5.74, 6) is -0.567. The van der Waals surface area contributed by atoms with Crippen molar-refractivity contribution in [3.05, 3.63) is 96.1 Å². The number of aryl methyl sites for hydroxylation is 2. The first kappa shape index (κ1) is 26.2. The Hall–Kier alpha value is -3.89. The molecule has 4 aromatic rings. The van der Waals surface area contributed by atoms with Crippen LogP contribution in [-0.2, 0) is 24.8 Å². The number of nitrogens with zero attached hydrogens (tertiary/aromatic N) is 1. The Labute approximate surface area is 217 Å². The highest BCUT2D eigenvalue weighted by atomic mass is 32.2. The van der Waals surface area contributed by atoms with E-state index in [-0.39, 0.29) is 4.90 Å². The van der Waals surface area contributed by atoms with Gasteiger partial charge < -0.3 is 5.32 Å². The van der Waals surface area contributed by atoms with Crippen LogP contribution in [0.1, 0.15) is 11.1 Å². The molecule has 0 bridgehead atoms. The lowest BCUT2D eigenvalue weighted by Crippen LogP contribution is -2.37. The summed E-state index contributed by atoms with van der Waals surface area (Å²) in [7, 11) is -7.62. The minimum atomic E-state index is -3.85. The lowest BCUT2D eigenvalue weighted by molar-refractivity contribution is -0.114. The molecule has 0 saturated heterocycles. The Bertz CT molecular complexity index is 1660. The normalized spacial score (nSPS) is 11.8. The molecule has 0 spiro atoms. The van der Waals surface area contributed by atoms with E-state index >= 15 is 0 Å². The molecule has 0 aromatic heterocycles. The first-order valence-electron chi connectivity index (χ1n) is 11.4. The number of hydrogen-bond acceptors (Lipinski definition) is 5. The van der Waals surface area contributed by atoms with Gasteiger partial charge in [-0.2, -0.15) is 0 Å². The van der Waals surface area contributed by atoms with Crippen molar-refractivity contribution in [2.24, 2.45) is 0 Å². The van der Waals surface area contributed by atoms with Crippen LogP contribution in [0, 0.1) is 13.8 Å². The van der Waals surface area contributed by atoms with Crippen molar-refractivity contribution in [3.63, 3.8) is 0 Å². The van der Waals surface area contributed by atoms with E-state index in [1.54, 1.807) is 24.3 Å². The van der Waals surface area contributed by atoms with Crippen LogP contribution in [0.2, 0.25) is 0 Å². The number of para-hydroxylation sites is 1. The van der Waals surface area contributed by atoms with Crippen LogP contribution in [-0.4, -0.2) is 35.5 Å². The second-order valence-electron chi connectivity index (χ2n) is 8.71. The van der Waals surface area contributed by atoms with Crippen molar-refractivity contribution in [2.75, 3.05) is 27.1 Å². The van der Waals surface area contributed by atoms with Crippen LogP contribution in [0.4, 0.5) is 17.1 Å². The van der Waals surface area contributed by atoms with E-state index in [0.717, 1.165) is 27.1 Å². The topological polar surface area (TPSA) is 113 Å². The number of carbonyl (C=O) groups excluding carboxylic acids is 1. The SMILES string of the molecule is Cc1cccc(C)c1NS(=O)(=O)c1ccc(NC(=O)CN(c2cccc3ccccc23)S(C)(=O)=O)cc1. The smallest absolute Gasteiger partial charge is 0.261 e. The average Bonchev–Trinajstić information content (AvgIpc) is 2.84. The molecule has 192 valence electrons. The molecule has 0 aliphatic carbocycles. The van der Waals surface area contributed by atoms with Crippen LogP contribution in [0.3, 0.4) is 0 Å². The highest BCUT2D eigenvalue weighted by Gasteiger charge is 2.23. The maximum absolute atomic E-state index is 12.9. The quantitative estimate of drug-likeness (QED) is 0.339. The third-order valence-electron chi connectivity index (χ3n) is 5.89. The molecule has 4 aromatic carbocycles. The number of rotatable bonds is 8. The van der Waals surface area contributed by atoms with Crippen molar-refractivity contribution >= 4 is 53.8 Å². The largest absolute Gasteiger partial charge is 0.325 e. The van der Waals surface area contributed by atoms with E-state index in [4.69, 9.17) is 0 Å². The third-order valence-corrected chi connectivity index (χ3v) is 8.38.